The van der Waals surface area contributed by atoms with E-state index in [1.165, 1.54) is 10.6 Å². The van der Waals surface area contributed by atoms with E-state index in [4.69, 9.17) is 0 Å². The van der Waals surface area contributed by atoms with Crippen molar-refractivity contribution in [3.05, 3.63) is 34.7 Å². The molecule has 0 bridgehead atoms. The first-order chi connectivity index (χ1) is 8.54. The molecule has 0 unspecified atom stereocenters. The molecule has 0 aliphatic heterocycles. The van der Waals surface area contributed by atoms with Gasteiger partial charge in [-0.3, -0.25) is 9.59 Å². The van der Waals surface area contributed by atoms with Gasteiger partial charge in [0.05, 0.1) is 0 Å². The Kier molecular flexibility index (Phi) is 5.30. The molecule has 0 fully saturated rings. The summed E-state index contributed by atoms with van der Waals surface area (Å²) in [7, 11) is 0. The Labute approximate surface area is 107 Å². The monoisotopic (exact) mass is 249 g/mol. The molecule has 0 aliphatic rings. The molecule has 98 valence electrons. The maximum Gasteiger partial charge on any atom is 0.260 e. The standard InChI is InChI=1S/C13H19N3O2/c1-4-11(10(2)3)14-15-12(17)9-16-8-6-5-7-13(16)18/h5-8,10H,4,9H2,1-3H3,(H,15,17)/b14-11-. The Morgan fingerprint density at radius 3 is 2.72 bits per heavy atom. The van der Waals surface area contributed by atoms with Gasteiger partial charge in [-0.25, -0.2) is 5.43 Å². The molecule has 0 aromatic carbocycles. The molecule has 5 heteroatoms. The van der Waals surface area contributed by atoms with Gasteiger partial charge in [0, 0.05) is 18.0 Å². The van der Waals surface area contributed by atoms with Crippen molar-refractivity contribution >= 4 is 11.6 Å². The first kappa shape index (κ1) is 14.2. The van der Waals surface area contributed by atoms with E-state index >= 15 is 0 Å². The minimum Gasteiger partial charge on any atom is -0.306 e. The third-order valence-corrected chi connectivity index (χ3v) is 2.57. The van der Waals surface area contributed by atoms with Gasteiger partial charge >= 0.3 is 0 Å². The number of pyridine rings is 1. The number of carbonyl (C=O) groups is 1. The lowest BCUT2D eigenvalue weighted by Gasteiger charge is -2.08. The Morgan fingerprint density at radius 2 is 2.17 bits per heavy atom. The summed E-state index contributed by atoms with van der Waals surface area (Å²) in [6.07, 6.45) is 2.37. The first-order valence-corrected chi connectivity index (χ1v) is 6.05. The summed E-state index contributed by atoms with van der Waals surface area (Å²) in [6.45, 7) is 6.03. The molecule has 0 radical (unpaired) electrons. The average molecular weight is 249 g/mol. The van der Waals surface area contributed by atoms with E-state index in [-0.39, 0.29) is 18.0 Å². The second-order valence-corrected chi connectivity index (χ2v) is 4.31. The van der Waals surface area contributed by atoms with Crippen LogP contribution in [0.5, 0.6) is 0 Å². The van der Waals surface area contributed by atoms with Crippen LogP contribution < -0.4 is 11.0 Å². The summed E-state index contributed by atoms with van der Waals surface area (Å²) in [5.74, 6) is 0.00430. The largest absolute Gasteiger partial charge is 0.306 e. The topological polar surface area (TPSA) is 63.5 Å². The van der Waals surface area contributed by atoms with Gasteiger partial charge in [0.2, 0.25) is 0 Å². The smallest absolute Gasteiger partial charge is 0.260 e. The lowest BCUT2D eigenvalue weighted by Crippen LogP contribution is -2.30. The lowest BCUT2D eigenvalue weighted by molar-refractivity contribution is -0.121. The molecule has 1 N–H and O–H groups in total. The Hall–Kier alpha value is -1.91. The van der Waals surface area contributed by atoms with Crippen molar-refractivity contribution < 1.29 is 4.79 Å². The van der Waals surface area contributed by atoms with Crippen molar-refractivity contribution in [1.82, 2.24) is 9.99 Å². The molecule has 0 atom stereocenters. The highest BCUT2D eigenvalue weighted by Gasteiger charge is 2.05. The SMILES string of the molecule is CC/C(=N/NC(=O)Cn1ccccc1=O)C(C)C. The third kappa shape index (κ3) is 4.16. The van der Waals surface area contributed by atoms with Gasteiger partial charge in [-0.1, -0.05) is 26.8 Å². The van der Waals surface area contributed by atoms with Gasteiger partial charge in [-0.2, -0.15) is 5.10 Å². The molecule has 0 aliphatic carbocycles. The summed E-state index contributed by atoms with van der Waals surface area (Å²) in [5, 5.41) is 4.07. The van der Waals surface area contributed by atoms with Crippen LogP contribution >= 0.6 is 0 Å². The number of hydrazone groups is 1. The highest BCUT2D eigenvalue weighted by atomic mass is 16.2. The van der Waals surface area contributed by atoms with E-state index in [0.717, 1.165) is 12.1 Å². The predicted molar refractivity (Wildman–Crippen MR) is 71.4 cm³/mol. The maximum atomic E-state index is 11.6. The molecule has 0 spiro atoms. The Bertz CT molecular complexity index is 489. The molecule has 1 heterocycles. The fourth-order valence-electron chi connectivity index (χ4n) is 1.53. The number of hydrogen-bond donors (Lipinski definition) is 1. The van der Waals surface area contributed by atoms with Crippen LogP contribution in [0.4, 0.5) is 0 Å². The van der Waals surface area contributed by atoms with E-state index in [2.05, 4.69) is 10.5 Å². The first-order valence-electron chi connectivity index (χ1n) is 6.05. The van der Waals surface area contributed by atoms with Crippen LogP contribution in [0.3, 0.4) is 0 Å². The van der Waals surface area contributed by atoms with Crippen LogP contribution in [0.2, 0.25) is 0 Å². The van der Waals surface area contributed by atoms with Gasteiger partial charge in [0.25, 0.3) is 11.5 Å². The third-order valence-electron chi connectivity index (χ3n) is 2.57. The van der Waals surface area contributed by atoms with Crippen LogP contribution in [0, 0.1) is 5.92 Å². The highest BCUT2D eigenvalue weighted by molar-refractivity contribution is 5.87. The lowest BCUT2D eigenvalue weighted by atomic mass is 10.1. The van der Waals surface area contributed by atoms with Crippen LogP contribution in [0.1, 0.15) is 27.2 Å². The van der Waals surface area contributed by atoms with Crippen molar-refractivity contribution in [3.63, 3.8) is 0 Å². The number of nitrogens with one attached hydrogen (secondary N) is 1. The van der Waals surface area contributed by atoms with Crippen LogP contribution in [0.25, 0.3) is 0 Å². The number of amides is 1. The quantitative estimate of drug-likeness (QED) is 0.633. The second kappa shape index (κ2) is 6.74. The maximum absolute atomic E-state index is 11.6. The van der Waals surface area contributed by atoms with Gasteiger partial charge in [-0.15, -0.1) is 0 Å². The van der Waals surface area contributed by atoms with Crippen molar-refractivity contribution in [2.45, 2.75) is 33.7 Å². The van der Waals surface area contributed by atoms with Crippen LogP contribution in [0.15, 0.2) is 34.3 Å². The minimum absolute atomic E-state index is 0.0156. The fourth-order valence-corrected chi connectivity index (χ4v) is 1.53. The summed E-state index contributed by atoms with van der Waals surface area (Å²) in [5.41, 5.74) is 3.22. The van der Waals surface area contributed by atoms with E-state index in [0.29, 0.717) is 5.92 Å². The minimum atomic E-state index is -0.296. The number of aromatic nitrogens is 1. The molecule has 1 rings (SSSR count). The molecule has 1 aromatic heterocycles. The number of nitrogens with zero attached hydrogens (tertiary/aromatic N) is 2. The predicted octanol–water partition coefficient (Wildman–Crippen LogP) is 1.39. The van der Waals surface area contributed by atoms with Gasteiger partial charge in [-0.05, 0) is 18.4 Å². The van der Waals surface area contributed by atoms with Crippen molar-refractivity contribution in [2.75, 3.05) is 0 Å². The van der Waals surface area contributed by atoms with Gasteiger partial charge in [0.15, 0.2) is 0 Å². The fraction of sp³-hybridized carbons (Fsp3) is 0.462. The summed E-state index contributed by atoms with van der Waals surface area (Å²) >= 11 is 0. The normalized spacial score (nSPS) is 11.7. The van der Waals surface area contributed by atoms with Crippen LogP contribution in [-0.2, 0) is 11.3 Å². The van der Waals surface area contributed by atoms with E-state index < -0.39 is 0 Å². The van der Waals surface area contributed by atoms with Crippen molar-refractivity contribution in [3.8, 4) is 0 Å². The Morgan fingerprint density at radius 1 is 1.44 bits per heavy atom. The Balaban J connectivity index is 2.63. The number of hydrogen-bond acceptors (Lipinski definition) is 3. The zero-order valence-corrected chi connectivity index (χ0v) is 11.0. The summed E-state index contributed by atoms with van der Waals surface area (Å²) in [6, 6.07) is 4.77. The van der Waals surface area contributed by atoms with Gasteiger partial charge in [0.1, 0.15) is 6.54 Å². The summed E-state index contributed by atoms with van der Waals surface area (Å²) in [4.78, 5) is 23.0. The van der Waals surface area contributed by atoms with E-state index in [1.54, 1.807) is 18.3 Å². The van der Waals surface area contributed by atoms with E-state index in [9.17, 15) is 9.59 Å². The van der Waals surface area contributed by atoms with E-state index in [1.807, 2.05) is 20.8 Å². The molecule has 0 saturated carbocycles. The number of rotatable bonds is 5. The second-order valence-electron chi connectivity index (χ2n) is 4.31. The molecular formula is C13H19N3O2. The molecule has 0 saturated heterocycles. The molecule has 18 heavy (non-hydrogen) atoms. The van der Waals surface area contributed by atoms with Crippen LogP contribution in [-0.4, -0.2) is 16.2 Å². The highest BCUT2D eigenvalue weighted by Crippen LogP contribution is 1.99. The zero-order chi connectivity index (χ0) is 13.5. The molecular weight excluding hydrogens is 230 g/mol. The van der Waals surface area contributed by atoms with Crippen molar-refractivity contribution in [1.29, 1.82) is 0 Å². The van der Waals surface area contributed by atoms with Gasteiger partial charge < -0.3 is 4.57 Å². The molecule has 5 nitrogen and oxygen atoms in total. The zero-order valence-electron chi connectivity index (χ0n) is 11.0. The molecule has 1 amide bonds. The summed E-state index contributed by atoms with van der Waals surface area (Å²) < 4.78 is 1.34. The number of carbonyl (C=O) groups excluding carboxylic acids is 1. The van der Waals surface area contributed by atoms with Crippen molar-refractivity contribution in [2.24, 2.45) is 11.0 Å². The average Bonchev–Trinajstić information content (AvgIpc) is 2.32. The molecule has 1 aromatic rings.